The molecule has 0 fully saturated rings. The summed E-state index contributed by atoms with van der Waals surface area (Å²) in [6, 6.07) is 4.03. The third-order valence-corrected chi connectivity index (χ3v) is 3.07. The first kappa shape index (κ1) is 9.30. The summed E-state index contributed by atoms with van der Waals surface area (Å²) in [5.74, 6) is 0. The Kier molecular flexibility index (Phi) is 2.56. The molecule has 0 amide bonds. The van der Waals surface area contributed by atoms with E-state index in [1.165, 1.54) is 10.4 Å². The maximum absolute atomic E-state index is 5.52. The zero-order valence-electron chi connectivity index (χ0n) is 7.90. The van der Waals surface area contributed by atoms with E-state index < -0.39 is 0 Å². The van der Waals surface area contributed by atoms with Gasteiger partial charge in [0, 0.05) is 6.54 Å². The molecule has 0 aliphatic carbocycles. The molecule has 0 saturated heterocycles. The van der Waals surface area contributed by atoms with Crippen LogP contribution in [-0.4, -0.2) is 9.97 Å². The van der Waals surface area contributed by atoms with Gasteiger partial charge >= 0.3 is 0 Å². The molecule has 0 saturated carbocycles. The van der Waals surface area contributed by atoms with Gasteiger partial charge in [-0.1, -0.05) is 0 Å². The van der Waals surface area contributed by atoms with E-state index in [-0.39, 0.29) is 0 Å². The molecule has 0 unspecified atom stereocenters. The summed E-state index contributed by atoms with van der Waals surface area (Å²) >= 11 is 1.69. The average molecular weight is 205 g/mol. The van der Waals surface area contributed by atoms with E-state index in [1.807, 2.05) is 6.07 Å². The smallest absolute Gasteiger partial charge is 0.116 e. The zero-order chi connectivity index (χ0) is 9.97. The van der Waals surface area contributed by atoms with Crippen LogP contribution in [0.3, 0.4) is 0 Å². The van der Waals surface area contributed by atoms with Gasteiger partial charge in [-0.15, -0.1) is 11.3 Å². The van der Waals surface area contributed by atoms with Crippen molar-refractivity contribution in [2.45, 2.75) is 13.5 Å². The van der Waals surface area contributed by atoms with Crippen molar-refractivity contribution in [2.75, 3.05) is 0 Å². The van der Waals surface area contributed by atoms with Gasteiger partial charge in [0.1, 0.15) is 6.33 Å². The minimum Gasteiger partial charge on any atom is -0.325 e. The molecule has 2 aromatic rings. The van der Waals surface area contributed by atoms with Gasteiger partial charge in [-0.05, 0) is 30.0 Å². The molecule has 2 heterocycles. The fourth-order valence-corrected chi connectivity index (χ4v) is 2.16. The number of aromatic nitrogens is 2. The van der Waals surface area contributed by atoms with E-state index in [9.17, 15) is 0 Å². The van der Waals surface area contributed by atoms with Gasteiger partial charge in [-0.3, -0.25) is 0 Å². The van der Waals surface area contributed by atoms with Gasteiger partial charge in [-0.25, -0.2) is 9.97 Å². The monoisotopic (exact) mass is 205 g/mol. The molecular formula is C10H11N3S. The second kappa shape index (κ2) is 3.86. The molecule has 2 rings (SSSR count). The van der Waals surface area contributed by atoms with Crippen LogP contribution < -0.4 is 5.73 Å². The highest BCUT2D eigenvalue weighted by Gasteiger charge is 2.05. The number of hydrogen-bond donors (Lipinski definition) is 1. The summed E-state index contributed by atoms with van der Waals surface area (Å²) in [5.41, 5.74) is 8.61. The normalized spacial score (nSPS) is 10.4. The zero-order valence-corrected chi connectivity index (χ0v) is 8.71. The van der Waals surface area contributed by atoms with Gasteiger partial charge in [-0.2, -0.15) is 0 Å². The third-order valence-electron chi connectivity index (χ3n) is 2.03. The highest BCUT2D eigenvalue weighted by molar-refractivity contribution is 7.13. The van der Waals surface area contributed by atoms with Crippen LogP contribution in [0.15, 0.2) is 23.8 Å². The molecule has 0 aliphatic rings. The molecule has 0 atom stereocenters. The van der Waals surface area contributed by atoms with E-state index in [0.717, 1.165) is 11.4 Å². The second-order valence-electron chi connectivity index (χ2n) is 3.03. The highest BCUT2D eigenvalue weighted by Crippen LogP contribution is 2.26. The van der Waals surface area contributed by atoms with Crippen molar-refractivity contribution >= 4 is 11.3 Å². The topological polar surface area (TPSA) is 51.8 Å². The molecule has 0 bridgehead atoms. The van der Waals surface area contributed by atoms with Gasteiger partial charge in [0.25, 0.3) is 0 Å². The van der Waals surface area contributed by atoms with Crippen molar-refractivity contribution in [3.05, 3.63) is 35.1 Å². The Bertz CT molecular complexity index is 436. The number of thiophene rings is 1. The van der Waals surface area contributed by atoms with Gasteiger partial charge in [0.05, 0.1) is 16.3 Å². The van der Waals surface area contributed by atoms with E-state index in [2.05, 4.69) is 28.3 Å². The van der Waals surface area contributed by atoms with Crippen molar-refractivity contribution in [3.8, 4) is 10.6 Å². The molecule has 72 valence electrons. The Balaban J connectivity index is 2.47. The van der Waals surface area contributed by atoms with Gasteiger partial charge < -0.3 is 5.73 Å². The van der Waals surface area contributed by atoms with Crippen LogP contribution in [0, 0.1) is 6.92 Å². The highest BCUT2D eigenvalue weighted by atomic mass is 32.1. The molecule has 2 N–H and O–H groups in total. The second-order valence-corrected chi connectivity index (χ2v) is 3.95. The molecule has 14 heavy (non-hydrogen) atoms. The maximum Gasteiger partial charge on any atom is 0.116 e. The molecule has 2 aromatic heterocycles. The molecular weight excluding hydrogens is 194 g/mol. The third kappa shape index (κ3) is 1.66. The largest absolute Gasteiger partial charge is 0.325 e. The van der Waals surface area contributed by atoms with Crippen molar-refractivity contribution in [2.24, 2.45) is 5.73 Å². The number of aryl methyl sites for hydroxylation is 1. The molecule has 3 nitrogen and oxygen atoms in total. The van der Waals surface area contributed by atoms with E-state index >= 15 is 0 Å². The molecule has 0 spiro atoms. The van der Waals surface area contributed by atoms with Crippen molar-refractivity contribution in [1.82, 2.24) is 9.97 Å². The minimum atomic E-state index is 0.458. The number of nitrogens with two attached hydrogens (primary N) is 1. The van der Waals surface area contributed by atoms with Gasteiger partial charge in [0.2, 0.25) is 0 Å². The Hall–Kier alpha value is -1.26. The molecule has 0 radical (unpaired) electrons. The van der Waals surface area contributed by atoms with Crippen LogP contribution in [0.4, 0.5) is 0 Å². The van der Waals surface area contributed by atoms with Gasteiger partial charge in [0.15, 0.2) is 0 Å². The first-order valence-corrected chi connectivity index (χ1v) is 5.24. The molecule has 0 aromatic carbocycles. The summed E-state index contributed by atoms with van der Waals surface area (Å²) in [4.78, 5) is 9.50. The lowest BCUT2D eigenvalue weighted by Gasteiger charge is -2.00. The van der Waals surface area contributed by atoms with Crippen LogP contribution in [0.5, 0.6) is 0 Å². The van der Waals surface area contributed by atoms with E-state index in [1.54, 1.807) is 17.7 Å². The summed E-state index contributed by atoms with van der Waals surface area (Å²) in [6.45, 7) is 2.54. The van der Waals surface area contributed by atoms with E-state index in [0.29, 0.717) is 6.54 Å². The average Bonchev–Trinajstić information content (AvgIpc) is 2.65. The predicted molar refractivity (Wildman–Crippen MR) is 58.0 cm³/mol. The lowest BCUT2D eigenvalue weighted by molar-refractivity contribution is 0.967. The summed E-state index contributed by atoms with van der Waals surface area (Å²) in [5, 5.41) is 2.06. The van der Waals surface area contributed by atoms with Crippen LogP contribution in [0.25, 0.3) is 10.6 Å². The number of hydrogen-bond acceptors (Lipinski definition) is 4. The first-order valence-electron chi connectivity index (χ1n) is 4.36. The summed E-state index contributed by atoms with van der Waals surface area (Å²) in [7, 11) is 0. The molecule has 0 aliphatic heterocycles. The SMILES string of the molecule is Cc1ccsc1-c1cc(CN)ncn1. The predicted octanol–water partition coefficient (Wildman–Crippen LogP) is 1.97. The Labute approximate surface area is 86.6 Å². The fourth-order valence-electron chi connectivity index (χ4n) is 1.27. The number of nitrogens with zero attached hydrogens (tertiary/aromatic N) is 2. The Morgan fingerprint density at radius 2 is 2.29 bits per heavy atom. The van der Waals surface area contributed by atoms with Crippen LogP contribution in [0.1, 0.15) is 11.3 Å². The van der Waals surface area contributed by atoms with Crippen molar-refractivity contribution in [3.63, 3.8) is 0 Å². The van der Waals surface area contributed by atoms with Crippen LogP contribution in [0.2, 0.25) is 0 Å². The Morgan fingerprint density at radius 1 is 1.43 bits per heavy atom. The van der Waals surface area contributed by atoms with Crippen LogP contribution >= 0.6 is 11.3 Å². The standard InChI is InChI=1S/C10H11N3S/c1-7-2-3-14-10(7)9-4-8(5-11)12-6-13-9/h2-4,6H,5,11H2,1H3. The summed E-state index contributed by atoms with van der Waals surface area (Å²) < 4.78 is 0. The van der Waals surface area contributed by atoms with Crippen molar-refractivity contribution < 1.29 is 0 Å². The quantitative estimate of drug-likeness (QED) is 0.815. The summed E-state index contributed by atoms with van der Waals surface area (Å²) in [6.07, 6.45) is 1.57. The van der Waals surface area contributed by atoms with Crippen molar-refractivity contribution in [1.29, 1.82) is 0 Å². The maximum atomic E-state index is 5.52. The first-order chi connectivity index (χ1) is 6.81. The molecule has 4 heteroatoms. The lowest BCUT2D eigenvalue weighted by atomic mass is 10.2. The lowest BCUT2D eigenvalue weighted by Crippen LogP contribution is -2.00. The minimum absolute atomic E-state index is 0.458. The Morgan fingerprint density at radius 3 is 2.93 bits per heavy atom. The van der Waals surface area contributed by atoms with E-state index in [4.69, 9.17) is 5.73 Å². The van der Waals surface area contributed by atoms with Crippen LogP contribution in [-0.2, 0) is 6.54 Å². The number of rotatable bonds is 2. The fraction of sp³-hybridized carbons (Fsp3) is 0.200.